The average molecular weight is 261 g/mol. The van der Waals surface area contributed by atoms with Crippen molar-refractivity contribution in [1.29, 1.82) is 0 Å². The molecule has 0 spiro atoms. The molecule has 2 amide bonds. The molecule has 2 rings (SSSR count). The van der Waals surface area contributed by atoms with Gasteiger partial charge in [0.25, 0.3) is 5.91 Å². The molecule has 5 nitrogen and oxygen atoms in total. The highest BCUT2D eigenvalue weighted by atomic mass is 16.2. The summed E-state index contributed by atoms with van der Waals surface area (Å²) in [6.07, 6.45) is 0.801. The summed E-state index contributed by atoms with van der Waals surface area (Å²) in [5, 5.41) is 0. The van der Waals surface area contributed by atoms with Crippen LogP contribution in [0.15, 0.2) is 18.2 Å². The molecule has 1 aromatic carbocycles. The smallest absolute Gasteiger partial charge is 0.254 e. The molecule has 102 valence electrons. The van der Waals surface area contributed by atoms with Gasteiger partial charge >= 0.3 is 0 Å². The third-order valence-electron chi connectivity index (χ3n) is 3.57. The van der Waals surface area contributed by atoms with E-state index >= 15 is 0 Å². The summed E-state index contributed by atoms with van der Waals surface area (Å²) in [7, 11) is 1.77. The van der Waals surface area contributed by atoms with E-state index in [0.29, 0.717) is 24.3 Å². The number of likely N-dealkylation sites (N-methyl/N-ethyl adjacent to an activating group) is 1. The van der Waals surface area contributed by atoms with Gasteiger partial charge in [0.1, 0.15) is 6.54 Å². The topological polar surface area (TPSA) is 66.6 Å². The zero-order chi connectivity index (χ0) is 14.0. The van der Waals surface area contributed by atoms with E-state index in [-0.39, 0.29) is 18.4 Å². The molecule has 0 unspecified atom stereocenters. The first kappa shape index (κ1) is 13.4. The van der Waals surface area contributed by atoms with E-state index < -0.39 is 0 Å². The molecule has 1 aliphatic heterocycles. The van der Waals surface area contributed by atoms with Crippen LogP contribution in [0.3, 0.4) is 0 Å². The van der Waals surface area contributed by atoms with Crippen LogP contribution in [0.1, 0.15) is 22.3 Å². The number of anilines is 1. The van der Waals surface area contributed by atoms with Gasteiger partial charge in [0.2, 0.25) is 5.91 Å². The Labute approximate surface area is 113 Å². The second kappa shape index (κ2) is 5.30. The van der Waals surface area contributed by atoms with Crippen molar-refractivity contribution in [2.75, 3.05) is 32.4 Å². The number of benzene rings is 1. The zero-order valence-electron chi connectivity index (χ0n) is 11.3. The number of hydrogen-bond donors (Lipinski definition) is 1. The van der Waals surface area contributed by atoms with Gasteiger partial charge in [-0.1, -0.05) is 6.07 Å². The predicted octanol–water partition coefficient (Wildman–Crippen LogP) is 0.882. The first-order valence-corrected chi connectivity index (χ1v) is 6.39. The Hall–Kier alpha value is -2.04. The van der Waals surface area contributed by atoms with Crippen LogP contribution in [0.5, 0.6) is 0 Å². The molecular formula is C14H19N3O2. The fourth-order valence-corrected chi connectivity index (χ4v) is 2.22. The van der Waals surface area contributed by atoms with Crippen molar-refractivity contribution in [3.63, 3.8) is 0 Å². The van der Waals surface area contributed by atoms with Crippen LogP contribution in [0.2, 0.25) is 0 Å². The van der Waals surface area contributed by atoms with Gasteiger partial charge < -0.3 is 15.5 Å². The van der Waals surface area contributed by atoms with Gasteiger partial charge in [-0.25, -0.2) is 0 Å². The van der Waals surface area contributed by atoms with Crippen LogP contribution < -0.4 is 5.73 Å². The van der Waals surface area contributed by atoms with E-state index in [2.05, 4.69) is 0 Å². The largest absolute Gasteiger partial charge is 0.398 e. The molecule has 1 aromatic rings. The minimum absolute atomic E-state index is 0.0209. The van der Waals surface area contributed by atoms with Crippen molar-refractivity contribution in [2.45, 2.75) is 13.3 Å². The molecule has 1 saturated heterocycles. The Morgan fingerprint density at radius 2 is 2.05 bits per heavy atom. The maximum Gasteiger partial charge on any atom is 0.254 e. The monoisotopic (exact) mass is 261 g/mol. The standard InChI is InChI=1S/C14H19N3O2/c1-10-11(5-3-6-12(10)15)14(19)17-8-4-7-16(2)13(18)9-17/h3,5-6H,4,7-9,15H2,1-2H3. The molecule has 19 heavy (non-hydrogen) atoms. The number of carbonyl (C=O) groups is 2. The van der Waals surface area contributed by atoms with Crippen LogP contribution in [-0.2, 0) is 4.79 Å². The lowest BCUT2D eigenvalue weighted by Gasteiger charge is -2.21. The average Bonchev–Trinajstić information content (AvgIpc) is 2.55. The number of amides is 2. The van der Waals surface area contributed by atoms with E-state index in [4.69, 9.17) is 5.73 Å². The lowest BCUT2D eigenvalue weighted by atomic mass is 10.1. The van der Waals surface area contributed by atoms with E-state index in [1.807, 2.05) is 6.92 Å². The predicted molar refractivity (Wildman–Crippen MR) is 73.7 cm³/mol. The maximum absolute atomic E-state index is 12.5. The van der Waals surface area contributed by atoms with Crippen LogP contribution >= 0.6 is 0 Å². The lowest BCUT2D eigenvalue weighted by Crippen LogP contribution is -2.38. The van der Waals surface area contributed by atoms with Crippen molar-refractivity contribution in [3.8, 4) is 0 Å². The Morgan fingerprint density at radius 3 is 2.79 bits per heavy atom. The van der Waals surface area contributed by atoms with Gasteiger partial charge in [0.05, 0.1) is 0 Å². The second-order valence-electron chi connectivity index (χ2n) is 4.92. The Balaban J connectivity index is 2.24. The molecular weight excluding hydrogens is 242 g/mol. The Morgan fingerprint density at radius 1 is 1.32 bits per heavy atom. The lowest BCUT2D eigenvalue weighted by molar-refractivity contribution is -0.129. The number of hydrogen-bond acceptors (Lipinski definition) is 3. The van der Waals surface area contributed by atoms with Gasteiger partial charge in [-0.3, -0.25) is 9.59 Å². The molecule has 1 fully saturated rings. The highest BCUT2D eigenvalue weighted by Gasteiger charge is 2.24. The van der Waals surface area contributed by atoms with Crippen LogP contribution in [-0.4, -0.2) is 48.3 Å². The molecule has 1 aliphatic rings. The first-order valence-electron chi connectivity index (χ1n) is 6.39. The maximum atomic E-state index is 12.5. The fraction of sp³-hybridized carbons (Fsp3) is 0.429. The number of rotatable bonds is 1. The molecule has 0 radical (unpaired) electrons. The summed E-state index contributed by atoms with van der Waals surface area (Å²) in [5.74, 6) is -0.138. The van der Waals surface area contributed by atoms with Crippen LogP contribution in [0.25, 0.3) is 0 Å². The van der Waals surface area contributed by atoms with Crippen molar-refractivity contribution in [1.82, 2.24) is 9.80 Å². The van der Waals surface area contributed by atoms with Crippen LogP contribution in [0.4, 0.5) is 5.69 Å². The highest BCUT2D eigenvalue weighted by Crippen LogP contribution is 2.18. The molecule has 5 heteroatoms. The SMILES string of the molecule is Cc1c(N)cccc1C(=O)N1CCCN(C)C(=O)C1. The van der Waals surface area contributed by atoms with Gasteiger partial charge in [0.15, 0.2) is 0 Å². The third kappa shape index (κ3) is 2.70. The van der Waals surface area contributed by atoms with Crippen molar-refractivity contribution in [3.05, 3.63) is 29.3 Å². The van der Waals surface area contributed by atoms with E-state index in [1.54, 1.807) is 35.0 Å². The molecule has 0 atom stereocenters. The molecule has 0 bridgehead atoms. The normalized spacial score (nSPS) is 16.4. The summed E-state index contributed by atoms with van der Waals surface area (Å²) >= 11 is 0. The van der Waals surface area contributed by atoms with Gasteiger partial charge in [-0.05, 0) is 31.0 Å². The molecule has 0 saturated carbocycles. The number of nitrogen functional groups attached to an aromatic ring is 1. The minimum atomic E-state index is -0.117. The first-order chi connectivity index (χ1) is 9.00. The minimum Gasteiger partial charge on any atom is -0.398 e. The summed E-state index contributed by atoms with van der Waals surface area (Å²) in [6.45, 7) is 3.26. The summed E-state index contributed by atoms with van der Waals surface area (Å²) < 4.78 is 0. The summed E-state index contributed by atoms with van der Waals surface area (Å²) in [4.78, 5) is 27.6. The molecule has 2 N–H and O–H groups in total. The number of nitrogens with zero attached hydrogens (tertiary/aromatic N) is 2. The molecule has 1 heterocycles. The summed E-state index contributed by atoms with van der Waals surface area (Å²) in [5.41, 5.74) is 7.78. The summed E-state index contributed by atoms with van der Waals surface area (Å²) in [6, 6.07) is 5.29. The van der Waals surface area contributed by atoms with Crippen molar-refractivity contribution in [2.24, 2.45) is 0 Å². The van der Waals surface area contributed by atoms with Gasteiger partial charge in [-0.15, -0.1) is 0 Å². The highest BCUT2D eigenvalue weighted by molar-refractivity contribution is 5.98. The van der Waals surface area contributed by atoms with Gasteiger partial charge in [0, 0.05) is 31.4 Å². The molecule has 0 aliphatic carbocycles. The third-order valence-corrected chi connectivity index (χ3v) is 3.57. The number of carbonyl (C=O) groups excluding carboxylic acids is 2. The van der Waals surface area contributed by atoms with Crippen molar-refractivity contribution < 1.29 is 9.59 Å². The number of nitrogens with two attached hydrogens (primary N) is 1. The molecule has 0 aromatic heterocycles. The second-order valence-corrected chi connectivity index (χ2v) is 4.92. The fourth-order valence-electron chi connectivity index (χ4n) is 2.22. The van der Waals surface area contributed by atoms with E-state index in [9.17, 15) is 9.59 Å². The zero-order valence-corrected chi connectivity index (χ0v) is 11.3. The van der Waals surface area contributed by atoms with Gasteiger partial charge in [-0.2, -0.15) is 0 Å². The van der Waals surface area contributed by atoms with Crippen molar-refractivity contribution >= 4 is 17.5 Å². The van der Waals surface area contributed by atoms with E-state index in [0.717, 1.165) is 12.0 Å². The Kier molecular flexibility index (Phi) is 3.74. The quantitative estimate of drug-likeness (QED) is 0.763. The van der Waals surface area contributed by atoms with Crippen LogP contribution in [0, 0.1) is 6.92 Å². The van der Waals surface area contributed by atoms with E-state index in [1.165, 1.54) is 0 Å². The Bertz CT molecular complexity index is 513.